The van der Waals surface area contributed by atoms with Crippen molar-refractivity contribution < 1.29 is 14.0 Å². The molecule has 17 heavy (non-hydrogen) atoms. The van der Waals surface area contributed by atoms with Crippen molar-refractivity contribution in [1.82, 2.24) is 0 Å². The molecule has 0 aliphatic rings. The Morgan fingerprint density at radius 3 is 1.53 bits per heavy atom. The molecule has 2 amide bonds. The molecule has 1 rings (SSSR count). The lowest BCUT2D eigenvalue weighted by Gasteiger charge is -2.02. The molecule has 0 bridgehead atoms. The minimum Gasteiger partial charge on any atom is -0.445 e. The normalized spacial score (nSPS) is 10.5. The number of furan rings is 1. The number of carbonyl (C=O) groups is 2. The van der Waals surface area contributed by atoms with Gasteiger partial charge in [0, 0.05) is 11.1 Å². The molecule has 0 aromatic carbocycles. The number of carbonyl (C=O) groups excluding carboxylic acids is 2. The van der Waals surface area contributed by atoms with Crippen LogP contribution in [-0.2, 0) is 12.8 Å². The van der Waals surface area contributed by atoms with Crippen LogP contribution in [0.4, 0.5) is 0 Å². The third kappa shape index (κ3) is 2.67. The van der Waals surface area contributed by atoms with Gasteiger partial charge >= 0.3 is 0 Å². The Morgan fingerprint density at radius 1 is 0.941 bits per heavy atom. The first-order chi connectivity index (χ1) is 8.02. The third-order valence-corrected chi connectivity index (χ3v) is 2.56. The summed E-state index contributed by atoms with van der Waals surface area (Å²) < 4.78 is 5.22. The number of primary amides is 2. The lowest BCUT2D eigenvalue weighted by atomic mass is 9.99. The third-order valence-electron chi connectivity index (χ3n) is 2.56. The van der Waals surface area contributed by atoms with Crippen LogP contribution in [0.2, 0.25) is 0 Å². The number of hydrogen-bond acceptors (Lipinski definition) is 3. The molecule has 1 aromatic rings. The maximum Gasteiger partial charge on any atom is 0.284 e. The largest absolute Gasteiger partial charge is 0.445 e. The van der Waals surface area contributed by atoms with Gasteiger partial charge in [0.05, 0.1) is 0 Å². The highest BCUT2D eigenvalue weighted by Gasteiger charge is 2.24. The van der Waals surface area contributed by atoms with Crippen LogP contribution in [0.25, 0.3) is 0 Å². The average molecular weight is 238 g/mol. The second kappa shape index (κ2) is 5.52. The van der Waals surface area contributed by atoms with Gasteiger partial charge in [-0.1, -0.05) is 26.7 Å². The van der Waals surface area contributed by atoms with E-state index in [4.69, 9.17) is 15.9 Å². The van der Waals surface area contributed by atoms with E-state index in [0.29, 0.717) is 12.8 Å². The van der Waals surface area contributed by atoms with Gasteiger partial charge in [-0.25, -0.2) is 0 Å². The number of rotatable bonds is 6. The van der Waals surface area contributed by atoms with Crippen LogP contribution in [-0.4, -0.2) is 11.8 Å². The van der Waals surface area contributed by atoms with Crippen LogP contribution in [0.5, 0.6) is 0 Å². The second-order valence-corrected chi connectivity index (χ2v) is 3.95. The molecular formula is C12H18N2O3. The van der Waals surface area contributed by atoms with Crippen LogP contribution < -0.4 is 11.5 Å². The number of amides is 2. The Labute approximate surface area is 100 Å². The van der Waals surface area contributed by atoms with Crippen molar-refractivity contribution in [1.29, 1.82) is 0 Å². The zero-order valence-electron chi connectivity index (χ0n) is 10.2. The van der Waals surface area contributed by atoms with Crippen molar-refractivity contribution in [3.05, 3.63) is 22.6 Å². The monoisotopic (exact) mass is 238 g/mol. The summed E-state index contributed by atoms with van der Waals surface area (Å²) in [5.41, 5.74) is 11.9. The van der Waals surface area contributed by atoms with Crippen molar-refractivity contribution >= 4 is 11.8 Å². The fourth-order valence-corrected chi connectivity index (χ4v) is 1.93. The van der Waals surface area contributed by atoms with Gasteiger partial charge in [0.2, 0.25) is 0 Å². The second-order valence-electron chi connectivity index (χ2n) is 3.95. The highest BCUT2D eigenvalue weighted by atomic mass is 16.4. The fraction of sp³-hybridized carbons (Fsp3) is 0.500. The Kier molecular flexibility index (Phi) is 4.31. The molecule has 0 aliphatic heterocycles. The molecule has 5 nitrogen and oxygen atoms in total. The summed E-state index contributed by atoms with van der Waals surface area (Å²) in [5.74, 6) is -1.16. The quantitative estimate of drug-likeness (QED) is 0.783. The summed E-state index contributed by atoms with van der Waals surface area (Å²) in [6.45, 7) is 3.97. The van der Waals surface area contributed by atoms with Crippen molar-refractivity contribution in [2.24, 2.45) is 11.5 Å². The average Bonchev–Trinajstić information content (AvgIpc) is 2.59. The van der Waals surface area contributed by atoms with Crippen LogP contribution >= 0.6 is 0 Å². The molecular weight excluding hydrogens is 220 g/mol. The lowest BCUT2D eigenvalue weighted by Crippen LogP contribution is -2.12. The first-order valence-electron chi connectivity index (χ1n) is 5.77. The van der Waals surface area contributed by atoms with Crippen LogP contribution in [0.1, 0.15) is 58.9 Å². The predicted molar refractivity (Wildman–Crippen MR) is 63.7 cm³/mol. The predicted octanol–water partition coefficient (Wildman–Crippen LogP) is 1.38. The van der Waals surface area contributed by atoms with Gasteiger partial charge in [-0.3, -0.25) is 9.59 Å². The van der Waals surface area contributed by atoms with Gasteiger partial charge in [-0.05, 0) is 12.8 Å². The van der Waals surface area contributed by atoms with Gasteiger partial charge in [-0.2, -0.15) is 0 Å². The topological polar surface area (TPSA) is 99.3 Å². The van der Waals surface area contributed by atoms with Gasteiger partial charge in [0.15, 0.2) is 11.5 Å². The summed E-state index contributed by atoms with van der Waals surface area (Å²) in [6, 6.07) is 0. The van der Waals surface area contributed by atoms with Crippen molar-refractivity contribution in [2.75, 3.05) is 0 Å². The zero-order chi connectivity index (χ0) is 13.0. The smallest absolute Gasteiger partial charge is 0.284 e. The van der Waals surface area contributed by atoms with Crippen molar-refractivity contribution in [2.45, 2.75) is 39.5 Å². The molecule has 0 unspecified atom stereocenters. The molecule has 94 valence electrons. The molecule has 0 spiro atoms. The molecule has 4 N–H and O–H groups in total. The molecule has 0 radical (unpaired) electrons. The molecule has 0 aliphatic carbocycles. The minimum absolute atomic E-state index is 0.0732. The molecule has 0 saturated carbocycles. The highest BCUT2D eigenvalue weighted by molar-refractivity contribution is 5.97. The minimum atomic E-state index is -0.654. The number of hydrogen-bond donors (Lipinski definition) is 2. The van der Waals surface area contributed by atoms with Gasteiger partial charge in [0.25, 0.3) is 11.8 Å². The Morgan fingerprint density at radius 2 is 1.29 bits per heavy atom. The van der Waals surface area contributed by atoms with E-state index in [1.165, 1.54) is 0 Å². The number of nitrogens with two attached hydrogens (primary N) is 2. The fourth-order valence-electron chi connectivity index (χ4n) is 1.93. The van der Waals surface area contributed by atoms with E-state index >= 15 is 0 Å². The van der Waals surface area contributed by atoms with Crippen LogP contribution in [0.15, 0.2) is 4.42 Å². The van der Waals surface area contributed by atoms with E-state index in [-0.39, 0.29) is 11.5 Å². The van der Waals surface area contributed by atoms with E-state index in [2.05, 4.69) is 0 Å². The van der Waals surface area contributed by atoms with Crippen molar-refractivity contribution in [3.63, 3.8) is 0 Å². The molecule has 0 saturated heterocycles. The first kappa shape index (κ1) is 13.3. The zero-order valence-corrected chi connectivity index (χ0v) is 10.2. The van der Waals surface area contributed by atoms with E-state index in [0.717, 1.165) is 24.0 Å². The molecule has 0 fully saturated rings. The van der Waals surface area contributed by atoms with E-state index < -0.39 is 11.8 Å². The maximum atomic E-state index is 11.3. The summed E-state index contributed by atoms with van der Waals surface area (Å²) >= 11 is 0. The lowest BCUT2D eigenvalue weighted by molar-refractivity contribution is 0.0949. The molecule has 5 heteroatoms. The summed E-state index contributed by atoms with van der Waals surface area (Å²) in [6.07, 6.45) is 3.00. The van der Waals surface area contributed by atoms with Crippen LogP contribution in [0.3, 0.4) is 0 Å². The first-order valence-corrected chi connectivity index (χ1v) is 5.77. The molecule has 1 heterocycles. The Balaban J connectivity index is 3.37. The van der Waals surface area contributed by atoms with Gasteiger partial charge in [0.1, 0.15) is 0 Å². The van der Waals surface area contributed by atoms with E-state index in [1.807, 2.05) is 13.8 Å². The molecule has 0 atom stereocenters. The highest BCUT2D eigenvalue weighted by Crippen LogP contribution is 2.25. The molecule has 1 aromatic heterocycles. The Hall–Kier alpha value is -1.78. The maximum absolute atomic E-state index is 11.3. The van der Waals surface area contributed by atoms with E-state index in [9.17, 15) is 9.59 Å². The Bertz CT molecular complexity index is 397. The van der Waals surface area contributed by atoms with E-state index in [1.54, 1.807) is 0 Å². The summed E-state index contributed by atoms with van der Waals surface area (Å²) in [4.78, 5) is 22.5. The standard InChI is InChI=1S/C12H18N2O3/c1-3-5-7-8(6-4-2)10(12(14)16)17-9(7)11(13)15/h3-6H2,1-2H3,(H2,13,15)(H2,14,16). The van der Waals surface area contributed by atoms with Gasteiger partial charge in [-0.15, -0.1) is 0 Å². The summed E-state index contributed by atoms with van der Waals surface area (Å²) in [7, 11) is 0. The van der Waals surface area contributed by atoms with Gasteiger partial charge < -0.3 is 15.9 Å². The SMILES string of the molecule is CCCc1c(C(N)=O)oc(C(N)=O)c1CCC. The summed E-state index contributed by atoms with van der Waals surface area (Å²) in [5, 5.41) is 0. The van der Waals surface area contributed by atoms with Crippen molar-refractivity contribution in [3.8, 4) is 0 Å². The van der Waals surface area contributed by atoms with Crippen LogP contribution in [0, 0.1) is 0 Å².